The number of hydrogen-bond donors (Lipinski definition) is 2. The minimum Gasteiger partial charge on any atom is -0.370 e. The van der Waals surface area contributed by atoms with Crippen molar-refractivity contribution in [3.63, 3.8) is 0 Å². The Morgan fingerprint density at radius 2 is 1.65 bits per heavy atom. The van der Waals surface area contributed by atoms with Crippen LogP contribution in [0.25, 0.3) is 0 Å². The predicted molar refractivity (Wildman–Crippen MR) is 141 cm³/mol. The van der Waals surface area contributed by atoms with E-state index in [0.29, 0.717) is 22.9 Å². The largest absolute Gasteiger partial charge is 0.370 e. The second-order valence-electron chi connectivity index (χ2n) is 8.30. The lowest BCUT2D eigenvalue weighted by Gasteiger charge is -2.34. The van der Waals surface area contributed by atoms with E-state index in [-0.39, 0.29) is 6.04 Å². The molecule has 0 amide bonds. The quantitative estimate of drug-likeness (QED) is 0.371. The van der Waals surface area contributed by atoms with Gasteiger partial charge in [-0.2, -0.15) is 15.5 Å². The highest BCUT2D eigenvalue weighted by Gasteiger charge is 2.22. The Labute approximate surface area is 216 Å². The highest BCUT2D eigenvalue weighted by Crippen LogP contribution is 2.31. The van der Waals surface area contributed by atoms with Crippen LogP contribution in [0.1, 0.15) is 35.1 Å². The molecule has 172 valence electrons. The number of hydrogen-bond acceptors (Lipinski definition) is 7. The molecule has 0 radical (unpaired) electrons. The van der Waals surface area contributed by atoms with Crippen molar-refractivity contribution in [3.05, 3.63) is 67.7 Å². The minimum absolute atomic E-state index is 0.251. The molecule has 0 aliphatic carbocycles. The minimum atomic E-state index is 0.251. The highest BCUT2D eigenvalue weighted by molar-refractivity contribution is 9.11. The Bertz CT molecular complexity index is 1280. The van der Waals surface area contributed by atoms with Crippen molar-refractivity contribution in [2.24, 2.45) is 0 Å². The zero-order valence-corrected chi connectivity index (χ0v) is 22.0. The van der Waals surface area contributed by atoms with Crippen LogP contribution in [0.3, 0.4) is 0 Å². The molecule has 1 saturated heterocycles. The number of nitrogens with zero attached hydrogens (tertiary/aromatic N) is 5. The number of nitrogens with one attached hydrogen (secondary N) is 2. The molecule has 2 N–H and O–H groups in total. The van der Waals surface area contributed by atoms with Gasteiger partial charge in [0.2, 0.25) is 5.95 Å². The van der Waals surface area contributed by atoms with Crippen molar-refractivity contribution in [1.29, 1.82) is 10.5 Å². The Kier molecular flexibility index (Phi) is 7.35. The number of aromatic nitrogens is 2. The zero-order valence-electron chi connectivity index (χ0n) is 18.9. The summed E-state index contributed by atoms with van der Waals surface area (Å²) in [6.07, 6.45) is 3.60. The van der Waals surface area contributed by atoms with Crippen LogP contribution in [0.2, 0.25) is 0 Å². The van der Waals surface area contributed by atoms with E-state index in [1.807, 2.05) is 44.2 Å². The molecular weight excluding hydrogens is 558 g/mol. The number of rotatable bonds is 5. The van der Waals surface area contributed by atoms with Gasteiger partial charge in [0.15, 0.2) is 0 Å². The molecule has 9 heteroatoms. The molecule has 2 heterocycles. The summed E-state index contributed by atoms with van der Waals surface area (Å²) < 4.78 is 1.76. The Balaban J connectivity index is 1.44. The van der Waals surface area contributed by atoms with Crippen LogP contribution >= 0.6 is 31.9 Å². The standard InChI is InChI=1S/C25H23Br2N7/c1-15-9-18(13-29)10-16(2)23(15)32-24-21(27)14-30-25(33-24)31-19-5-7-34(8-6-19)22-11-17(12-28)3-4-20(22)26/h3-4,9-11,14,19H,5-8H2,1-2H3,(H2,30,31,32,33). The maximum absolute atomic E-state index is 9.22. The van der Waals surface area contributed by atoms with Gasteiger partial charge >= 0.3 is 0 Å². The first-order valence-electron chi connectivity index (χ1n) is 10.9. The van der Waals surface area contributed by atoms with E-state index in [1.165, 1.54) is 0 Å². The molecule has 1 aromatic heterocycles. The van der Waals surface area contributed by atoms with E-state index in [4.69, 9.17) is 4.98 Å². The summed E-state index contributed by atoms with van der Waals surface area (Å²) in [5.74, 6) is 1.24. The van der Waals surface area contributed by atoms with Gasteiger partial charge in [0, 0.05) is 35.5 Å². The fourth-order valence-corrected chi connectivity index (χ4v) is 4.93. The van der Waals surface area contributed by atoms with Crippen LogP contribution in [-0.2, 0) is 0 Å². The van der Waals surface area contributed by atoms with Crippen molar-refractivity contribution >= 4 is 55.0 Å². The third-order valence-electron chi connectivity index (χ3n) is 5.89. The summed E-state index contributed by atoms with van der Waals surface area (Å²) in [6, 6.07) is 14.1. The van der Waals surface area contributed by atoms with Crippen molar-refractivity contribution in [2.75, 3.05) is 28.6 Å². The molecule has 0 saturated carbocycles. The lowest BCUT2D eigenvalue weighted by molar-refractivity contribution is 0.523. The average Bonchev–Trinajstić information content (AvgIpc) is 2.84. The average molecular weight is 581 g/mol. The second kappa shape index (κ2) is 10.4. The van der Waals surface area contributed by atoms with E-state index < -0.39 is 0 Å². The lowest BCUT2D eigenvalue weighted by atomic mass is 10.0. The van der Waals surface area contributed by atoms with Crippen LogP contribution in [0.4, 0.5) is 23.1 Å². The van der Waals surface area contributed by atoms with Crippen molar-refractivity contribution in [3.8, 4) is 12.1 Å². The first-order chi connectivity index (χ1) is 16.4. The molecule has 0 unspecified atom stereocenters. The van der Waals surface area contributed by atoms with E-state index >= 15 is 0 Å². The second-order valence-corrected chi connectivity index (χ2v) is 10.0. The van der Waals surface area contributed by atoms with Gasteiger partial charge < -0.3 is 15.5 Å². The van der Waals surface area contributed by atoms with Gasteiger partial charge in [0.05, 0.1) is 33.4 Å². The molecule has 1 fully saturated rings. The van der Waals surface area contributed by atoms with Crippen molar-refractivity contribution < 1.29 is 0 Å². The summed E-state index contributed by atoms with van der Waals surface area (Å²) >= 11 is 7.15. The summed E-state index contributed by atoms with van der Waals surface area (Å²) in [5.41, 5.74) is 5.25. The molecule has 4 rings (SSSR count). The Morgan fingerprint density at radius 3 is 2.29 bits per heavy atom. The molecule has 7 nitrogen and oxygen atoms in total. The molecular formula is C25H23Br2N7. The highest BCUT2D eigenvalue weighted by atomic mass is 79.9. The van der Waals surface area contributed by atoms with Gasteiger partial charge in [-0.15, -0.1) is 0 Å². The summed E-state index contributed by atoms with van der Waals surface area (Å²) in [6.45, 7) is 5.69. The van der Waals surface area contributed by atoms with Gasteiger partial charge in [-0.1, -0.05) is 0 Å². The van der Waals surface area contributed by atoms with Gasteiger partial charge in [-0.3, -0.25) is 0 Å². The SMILES string of the molecule is Cc1cc(C#N)cc(C)c1Nc1nc(NC2CCN(c3cc(C#N)ccc3Br)CC2)ncc1Br. The molecule has 0 bridgehead atoms. The van der Waals surface area contributed by atoms with Crippen LogP contribution in [0, 0.1) is 36.5 Å². The maximum Gasteiger partial charge on any atom is 0.224 e. The van der Waals surface area contributed by atoms with Gasteiger partial charge in [0.1, 0.15) is 5.82 Å². The molecule has 0 spiro atoms. The van der Waals surface area contributed by atoms with Gasteiger partial charge in [-0.05, 0) is 100 Å². The maximum atomic E-state index is 9.22. The summed E-state index contributed by atoms with van der Waals surface area (Å²) in [4.78, 5) is 11.5. The van der Waals surface area contributed by atoms with E-state index in [1.54, 1.807) is 6.20 Å². The third-order valence-corrected chi connectivity index (χ3v) is 7.14. The van der Waals surface area contributed by atoms with E-state index in [2.05, 4.69) is 64.5 Å². The summed E-state index contributed by atoms with van der Waals surface area (Å²) in [7, 11) is 0. The van der Waals surface area contributed by atoms with Crippen LogP contribution < -0.4 is 15.5 Å². The van der Waals surface area contributed by atoms with Crippen molar-refractivity contribution in [1.82, 2.24) is 9.97 Å². The monoisotopic (exact) mass is 579 g/mol. The smallest absolute Gasteiger partial charge is 0.224 e. The van der Waals surface area contributed by atoms with Crippen LogP contribution in [0.5, 0.6) is 0 Å². The Hall–Kier alpha value is -3.14. The predicted octanol–water partition coefficient (Wildman–Crippen LogP) is 6.19. The first-order valence-corrected chi connectivity index (χ1v) is 12.5. The van der Waals surface area contributed by atoms with Crippen LogP contribution in [0.15, 0.2) is 45.5 Å². The molecule has 1 aliphatic rings. The molecule has 0 atom stereocenters. The zero-order chi connectivity index (χ0) is 24.2. The normalized spacial score (nSPS) is 13.8. The Morgan fingerprint density at radius 1 is 0.971 bits per heavy atom. The van der Waals surface area contributed by atoms with Crippen LogP contribution in [-0.4, -0.2) is 29.1 Å². The molecule has 1 aliphatic heterocycles. The fraction of sp³-hybridized carbons (Fsp3) is 0.280. The lowest BCUT2D eigenvalue weighted by Crippen LogP contribution is -2.39. The number of aryl methyl sites for hydroxylation is 2. The van der Waals surface area contributed by atoms with Crippen molar-refractivity contribution in [2.45, 2.75) is 32.7 Å². The third kappa shape index (κ3) is 5.32. The fourth-order valence-electron chi connectivity index (χ4n) is 4.14. The number of piperidine rings is 1. The van der Waals surface area contributed by atoms with Gasteiger partial charge in [0.25, 0.3) is 0 Å². The molecule has 34 heavy (non-hydrogen) atoms. The van der Waals surface area contributed by atoms with Gasteiger partial charge in [-0.25, -0.2) is 4.98 Å². The number of nitriles is 2. The number of benzene rings is 2. The first kappa shape index (κ1) is 24.0. The van der Waals surface area contributed by atoms with E-state index in [9.17, 15) is 10.5 Å². The molecule has 3 aromatic rings. The number of halogens is 2. The molecule has 2 aromatic carbocycles. The van der Waals surface area contributed by atoms with E-state index in [0.717, 1.165) is 57.4 Å². The summed E-state index contributed by atoms with van der Waals surface area (Å²) in [5, 5.41) is 25.3. The topological polar surface area (TPSA) is 101 Å². The number of anilines is 4.